The Hall–Kier alpha value is -2.07. The Kier molecular flexibility index (Phi) is 4.25. The van der Waals surface area contributed by atoms with E-state index in [-0.39, 0.29) is 17.8 Å². The fraction of sp³-hybridized carbons (Fsp3) is 0.312. The maximum atomic E-state index is 10.8. The number of furan rings is 1. The molecule has 106 valence electrons. The summed E-state index contributed by atoms with van der Waals surface area (Å²) in [6, 6.07) is 11.5. The molecule has 1 unspecified atom stereocenters. The zero-order valence-electron chi connectivity index (χ0n) is 11.9. The van der Waals surface area contributed by atoms with Crippen molar-refractivity contribution >= 4 is 5.97 Å². The lowest BCUT2D eigenvalue weighted by Crippen LogP contribution is -2.22. The quantitative estimate of drug-likeness (QED) is 0.872. The molecule has 0 aliphatic carbocycles. The smallest absolute Gasteiger partial charge is 0.371 e. The van der Waals surface area contributed by atoms with Gasteiger partial charge in [0.15, 0.2) is 0 Å². The van der Waals surface area contributed by atoms with Crippen molar-refractivity contribution in [1.29, 1.82) is 0 Å². The Balaban J connectivity index is 2.09. The molecular formula is C16H19NO3. The normalized spacial score (nSPS) is 13.9. The monoisotopic (exact) mass is 273 g/mol. The first-order valence-electron chi connectivity index (χ1n) is 6.63. The number of benzene rings is 1. The topological polar surface area (TPSA) is 62.5 Å². The maximum absolute atomic E-state index is 10.8. The zero-order valence-corrected chi connectivity index (χ0v) is 11.9. The average Bonchev–Trinajstić information content (AvgIpc) is 2.88. The highest BCUT2D eigenvalue weighted by molar-refractivity contribution is 5.84. The van der Waals surface area contributed by atoms with Gasteiger partial charge >= 0.3 is 5.97 Å². The van der Waals surface area contributed by atoms with E-state index < -0.39 is 5.97 Å². The van der Waals surface area contributed by atoms with Gasteiger partial charge in [0.25, 0.3) is 0 Å². The van der Waals surface area contributed by atoms with Crippen LogP contribution in [0.15, 0.2) is 40.8 Å². The number of carbonyl (C=O) groups is 1. The molecule has 0 spiro atoms. The number of hydrogen-bond acceptors (Lipinski definition) is 3. The van der Waals surface area contributed by atoms with Crippen LogP contribution in [0.25, 0.3) is 0 Å². The second-order valence-corrected chi connectivity index (χ2v) is 4.97. The molecule has 4 heteroatoms. The molecule has 20 heavy (non-hydrogen) atoms. The number of carboxylic acid groups (broad SMARTS) is 1. The van der Waals surface area contributed by atoms with E-state index in [1.54, 1.807) is 6.07 Å². The van der Waals surface area contributed by atoms with E-state index in [1.807, 2.05) is 19.1 Å². The Labute approximate surface area is 118 Å². The van der Waals surface area contributed by atoms with Gasteiger partial charge in [-0.1, -0.05) is 24.3 Å². The van der Waals surface area contributed by atoms with Crippen molar-refractivity contribution in [2.45, 2.75) is 32.9 Å². The van der Waals surface area contributed by atoms with Crippen LogP contribution in [0.1, 0.15) is 53.4 Å². The van der Waals surface area contributed by atoms with Crippen LogP contribution in [0.3, 0.4) is 0 Å². The Bertz CT molecular complexity index is 603. The van der Waals surface area contributed by atoms with Crippen molar-refractivity contribution in [2.75, 3.05) is 0 Å². The van der Waals surface area contributed by atoms with Crippen LogP contribution in [0.4, 0.5) is 0 Å². The Morgan fingerprint density at radius 1 is 1.15 bits per heavy atom. The predicted octanol–water partition coefficient (Wildman–Crippen LogP) is 3.70. The van der Waals surface area contributed by atoms with Crippen LogP contribution in [-0.2, 0) is 0 Å². The number of carboxylic acids is 1. The molecule has 4 nitrogen and oxygen atoms in total. The van der Waals surface area contributed by atoms with E-state index in [0.717, 1.165) is 0 Å². The van der Waals surface area contributed by atoms with Gasteiger partial charge in [-0.3, -0.25) is 0 Å². The van der Waals surface area contributed by atoms with Gasteiger partial charge in [-0.15, -0.1) is 0 Å². The van der Waals surface area contributed by atoms with Gasteiger partial charge in [-0.05, 0) is 44.0 Å². The molecule has 0 aliphatic heterocycles. The van der Waals surface area contributed by atoms with E-state index >= 15 is 0 Å². The number of aromatic carboxylic acids is 1. The van der Waals surface area contributed by atoms with E-state index in [1.165, 1.54) is 17.2 Å². The molecule has 0 radical (unpaired) electrons. The molecule has 0 aliphatic rings. The second kappa shape index (κ2) is 5.92. The maximum Gasteiger partial charge on any atom is 0.371 e. The molecule has 2 atom stereocenters. The van der Waals surface area contributed by atoms with Gasteiger partial charge in [0.1, 0.15) is 5.76 Å². The van der Waals surface area contributed by atoms with Crippen molar-refractivity contribution in [2.24, 2.45) is 0 Å². The molecule has 1 aromatic heterocycles. The van der Waals surface area contributed by atoms with Crippen LogP contribution in [-0.4, -0.2) is 11.1 Å². The second-order valence-electron chi connectivity index (χ2n) is 4.97. The lowest BCUT2D eigenvalue weighted by atomic mass is 10.0. The number of hydrogen-bond donors (Lipinski definition) is 2. The summed E-state index contributed by atoms with van der Waals surface area (Å²) in [5, 5.41) is 12.3. The first kappa shape index (κ1) is 14.3. The third kappa shape index (κ3) is 3.08. The summed E-state index contributed by atoms with van der Waals surface area (Å²) in [6.07, 6.45) is 0. The molecule has 1 heterocycles. The Morgan fingerprint density at radius 3 is 2.45 bits per heavy atom. The van der Waals surface area contributed by atoms with Crippen molar-refractivity contribution in [3.63, 3.8) is 0 Å². The lowest BCUT2D eigenvalue weighted by molar-refractivity contribution is 0.0659. The van der Waals surface area contributed by atoms with Crippen LogP contribution >= 0.6 is 0 Å². The summed E-state index contributed by atoms with van der Waals surface area (Å²) in [4.78, 5) is 10.8. The molecule has 0 bridgehead atoms. The summed E-state index contributed by atoms with van der Waals surface area (Å²) in [5.41, 5.74) is 2.45. The molecule has 2 aromatic rings. The summed E-state index contributed by atoms with van der Waals surface area (Å²) in [7, 11) is 0. The summed E-state index contributed by atoms with van der Waals surface area (Å²) >= 11 is 0. The zero-order chi connectivity index (χ0) is 14.7. The highest BCUT2D eigenvalue weighted by atomic mass is 16.4. The minimum atomic E-state index is -1.05. The standard InChI is InChI=1S/C16H19NO3/c1-10-6-4-5-7-13(10)11(2)17-12(3)14-8-9-15(20-14)16(18)19/h4-9,11-12,17H,1-3H3,(H,18,19)/t11-,12?/m0/s1. The van der Waals surface area contributed by atoms with Crippen molar-refractivity contribution in [1.82, 2.24) is 5.32 Å². The van der Waals surface area contributed by atoms with Gasteiger partial charge in [-0.2, -0.15) is 0 Å². The molecule has 1 aromatic carbocycles. The molecule has 0 amide bonds. The summed E-state index contributed by atoms with van der Waals surface area (Å²) in [6.45, 7) is 6.12. The number of aryl methyl sites for hydroxylation is 1. The highest BCUT2D eigenvalue weighted by Gasteiger charge is 2.17. The third-order valence-corrected chi connectivity index (χ3v) is 3.42. The first-order chi connectivity index (χ1) is 9.49. The number of nitrogens with one attached hydrogen (secondary N) is 1. The lowest BCUT2D eigenvalue weighted by Gasteiger charge is -2.20. The molecule has 0 saturated carbocycles. The van der Waals surface area contributed by atoms with Crippen LogP contribution in [0.5, 0.6) is 0 Å². The fourth-order valence-corrected chi connectivity index (χ4v) is 2.32. The van der Waals surface area contributed by atoms with E-state index in [4.69, 9.17) is 9.52 Å². The molecule has 0 fully saturated rings. The van der Waals surface area contributed by atoms with E-state index in [9.17, 15) is 4.79 Å². The minimum Gasteiger partial charge on any atom is -0.475 e. The number of rotatable bonds is 5. The summed E-state index contributed by atoms with van der Waals surface area (Å²) in [5.74, 6) is -0.449. The van der Waals surface area contributed by atoms with Crippen molar-refractivity contribution in [3.05, 3.63) is 59.0 Å². The van der Waals surface area contributed by atoms with Crippen molar-refractivity contribution < 1.29 is 14.3 Å². The third-order valence-electron chi connectivity index (χ3n) is 3.42. The van der Waals surface area contributed by atoms with Crippen molar-refractivity contribution in [3.8, 4) is 0 Å². The summed E-state index contributed by atoms with van der Waals surface area (Å²) < 4.78 is 5.31. The fourth-order valence-electron chi connectivity index (χ4n) is 2.32. The van der Waals surface area contributed by atoms with Gasteiger partial charge < -0.3 is 14.8 Å². The van der Waals surface area contributed by atoms with Gasteiger partial charge in [0.2, 0.25) is 5.76 Å². The Morgan fingerprint density at radius 2 is 1.85 bits per heavy atom. The average molecular weight is 273 g/mol. The minimum absolute atomic E-state index is 0.0304. The molecule has 0 saturated heterocycles. The van der Waals surface area contributed by atoms with Crippen LogP contribution < -0.4 is 5.32 Å². The van der Waals surface area contributed by atoms with Crippen LogP contribution in [0, 0.1) is 6.92 Å². The molecule has 2 rings (SSSR count). The predicted molar refractivity (Wildman–Crippen MR) is 76.8 cm³/mol. The highest BCUT2D eigenvalue weighted by Crippen LogP contribution is 2.23. The first-order valence-corrected chi connectivity index (χ1v) is 6.63. The van der Waals surface area contributed by atoms with Gasteiger partial charge in [-0.25, -0.2) is 4.79 Å². The van der Waals surface area contributed by atoms with Gasteiger partial charge in [0.05, 0.1) is 6.04 Å². The molecule has 2 N–H and O–H groups in total. The molecular weight excluding hydrogens is 254 g/mol. The largest absolute Gasteiger partial charge is 0.475 e. The SMILES string of the molecule is Cc1ccccc1[C@H](C)NC(C)c1ccc(C(=O)O)o1. The van der Waals surface area contributed by atoms with Gasteiger partial charge in [0, 0.05) is 6.04 Å². The van der Waals surface area contributed by atoms with Crippen LogP contribution in [0.2, 0.25) is 0 Å². The van der Waals surface area contributed by atoms with E-state index in [2.05, 4.69) is 31.3 Å². The van der Waals surface area contributed by atoms with E-state index in [0.29, 0.717) is 5.76 Å².